The van der Waals surface area contributed by atoms with Crippen LogP contribution in [0, 0.1) is 5.92 Å². The van der Waals surface area contributed by atoms with Crippen molar-refractivity contribution in [2.75, 3.05) is 20.3 Å². The zero-order valence-corrected chi connectivity index (χ0v) is 10.7. The van der Waals surface area contributed by atoms with Crippen molar-refractivity contribution >= 4 is 0 Å². The fourth-order valence-corrected chi connectivity index (χ4v) is 2.54. The Balaban J connectivity index is 2.10. The van der Waals surface area contributed by atoms with Crippen LogP contribution in [0.25, 0.3) is 0 Å². The Labute approximate surface area is 99.6 Å². The van der Waals surface area contributed by atoms with Gasteiger partial charge in [0.1, 0.15) is 0 Å². The molecule has 0 spiro atoms. The van der Waals surface area contributed by atoms with Crippen molar-refractivity contribution in [2.24, 2.45) is 5.92 Å². The molecule has 3 heteroatoms. The third-order valence-corrected chi connectivity index (χ3v) is 3.58. The second-order valence-electron chi connectivity index (χ2n) is 5.01. The molecule has 2 atom stereocenters. The minimum atomic E-state index is -0.186. The quantitative estimate of drug-likeness (QED) is 0.668. The molecule has 0 aromatic heterocycles. The van der Waals surface area contributed by atoms with Gasteiger partial charge in [0.2, 0.25) is 0 Å². The van der Waals surface area contributed by atoms with Crippen LogP contribution in [0.5, 0.6) is 0 Å². The summed E-state index contributed by atoms with van der Waals surface area (Å²) in [6.45, 7) is 3.57. The molecule has 0 saturated heterocycles. The molecule has 1 aliphatic rings. The van der Waals surface area contributed by atoms with Gasteiger partial charge in [0.05, 0.1) is 12.7 Å². The average Bonchev–Trinajstić information content (AvgIpc) is 2.76. The number of methoxy groups -OCH3 is 1. The van der Waals surface area contributed by atoms with Crippen LogP contribution in [0.3, 0.4) is 0 Å². The molecule has 96 valence electrons. The third-order valence-electron chi connectivity index (χ3n) is 3.58. The fraction of sp³-hybridized carbons (Fsp3) is 1.00. The van der Waals surface area contributed by atoms with Crippen LogP contribution in [-0.4, -0.2) is 37.5 Å². The normalized spacial score (nSPS) is 21.2. The lowest BCUT2D eigenvalue weighted by Crippen LogP contribution is -2.38. The lowest BCUT2D eigenvalue weighted by Gasteiger charge is -2.20. The summed E-state index contributed by atoms with van der Waals surface area (Å²) < 4.78 is 5.12. The second-order valence-corrected chi connectivity index (χ2v) is 5.01. The van der Waals surface area contributed by atoms with E-state index in [2.05, 4.69) is 12.2 Å². The third kappa shape index (κ3) is 5.28. The van der Waals surface area contributed by atoms with Gasteiger partial charge in [-0.15, -0.1) is 0 Å². The van der Waals surface area contributed by atoms with Gasteiger partial charge in [0, 0.05) is 19.7 Å². The highest BCUT2D eigenvalue weighted by Crippen LogP contribution is 2.28. The summed E-state index contributed by atoms with van der Waals surface area (Å²) in [5.74, 6) is 0.763. The number of aliphatic hydroxyl groups is 1. The molecule has 3 nitrogen and oxygen atoms in total. The first-order valence-electron chi connectivity index (χ1n) is 6.66. The molecule has 0 amide bonds. The zero-order valence-electron chi connectivity index (χ0n) is 10.7. The van der Waals surface area contributed by atoms with Crippen LogP contribution in [0.1, 0.15) is 45.4 Å². The number of aliphatic hydroxyl groups excluding tert-OH is 1. The maximum Gasteiger partial charge on any atom is 0.0667 e. The molecule has 1 rings (SSSR count). The number of hydrogen-bond donors (Lipinski definition) is 2. The van der Waals surface area contributed by atoms with E-state index in [0.29, 0.717) is 12.6 Å². The topological polar surface area (TPSA) is 41.5 Å². The van der Waals surface area contributed by atoms with Crippen LogP contribution in [0.2, 0.25) is 0 Å². The first-order chi connectivity index (χ1) is 7.76. The number of nitrogens with one attached hydrogen (secondary N) is 1. The summed E-state index contributed by atoms with van der Waals surface area (Å²) in [6.07, 6.45) is 7.16. The van der Waals surface area contributed by atoms with Crippen molar-refractivity contribution in [1.82, 2.24) is 5.32 Å². The van der Waals surface area contributed by atoms with Gasteiger partial charge in [-0.2, -0.15) is 0 Å². The van der Waals surface area contributed by atoms with Crippen molar-refractivity contribution in [3.8, 4) is 0 Å². The second kappa shape index (κ2) is 8.04. The first kappa shape index (κ1) is 13.9. The first-order valence-corrected chi connectivity index (χ1v) is 6.66. The zero-order chi connectivity index (χ0) is 11.8. The van der Waals surface area contributed by atoms with Gasteiger partial charge in [0.15, 0.2) is 0 Å². The number of hydrogen-bond acceptors (Lipinski definition) is 3. The molecule has 0 heterocycles. The van der Waals surface area contributed by atoms with Gasteiger partial charge < -0.3 is 15.2 Å². The molecule has 2 unspecified atom stereocenters. The Morgan fingerprint density at radius 2 is 2.06 bits per heavy atom. The maximum atomic E-state index is 9.92. The molecule has 0 aliphatic heterocycles. The van der Waals surface area contributed by atoms with E-state index in [0.717, 1.165) is 25.4 Å². The Hall–Kier alpha value is -0.120. The molecule has 16 heavy (non-hydrogen) atoms. The van der Waals surface area contributed by atoms with Gasteiger partial charge in [-0.3, -0.25) is 0 Å². The molecule has 1 saturated carbocycles. The van der Waals surface area contributed by atoms with Crippen molar-refractivity contribution in [3.05, 3.63) is 0 Å². The molecule has 0 bridgehead atoms. The van der Waals surface area contributed by atoms with Crippen molar-refractivity contribution in [3.63, 3.8) is 0 Å². The summed E-state index contributed by atoms with van der Waals surface area (Å²) >= 11 is 0. The van der Waals surface area contributed by atoms with E-state index in [1.807, 2.05) is 0 Å². The molecule has 0 radical (unpaired) electrons. The average molecular weight is 229 g/mol. The molecule has 0 aromatic rings. The summed E-state index contributed by atoms with van der Waals surface area (Å²) in [5.41, 5.74) is 0. The summed E-state index contributed by atoms with van der Waals surface area (Å²) in [4.78, 5) is 0. The van der Waals surface area contributed by atoms with E-state index in [1.165, 1.54) is 25.7 Å². The van der Waals surface area contributed by atoms with Crippen LogP contribution >= 0.6 is 0 Å². The van der Waals surface area contributed by atoms with E-state index in [9.17, 15) is 5.11 Å². The highest BCUT2D eigenvalue weighted by Gasteiger charge is 2.19. The van der Waals surface area contributed by atoms with Crippen LogP contribution < -0.4 is 5.32 Å². The summed E-state index contributed by atoms with van der Waals surface area (Å²) in [6, 6.07) is 0.378. The Morgan fingerprint density at radius 3 is 2.62 bits per heavy atom. The van der Waals surface area contributed by atoms with Crippen LogP contribution in [0.15, 0.2) is 0 Å². The van der Waals surface area contributed by atoms with Gasteiger partial charge in [-0.05, 0) is 18.8 Å². The smallest absolute Gasteiger partial charge is 0.0667 e. The predicted octanol–water partition coefficient (Wildman–Crippen LogP) is 1.94. The van der Waals surface area contributed by atoms with Gasteiger partial charge in [0.25, 0.3) is 0 Å². The fourth-order valence-electron chi connectivity index (χ4n) is 2.54. The highest BCUT2D eigenvalue weighted by atomic mass is 16.5. The summed E-state index contributed by atoms with van der Waals surface area (Å²) in [5, 5.41) is 13.3. The molecular weight excluding hydrogens is 202 g/mol. The maximum absolute atomic E-state index is 9.92. The monoisotopic (exact) mass is 229 g/mol. The number of ether oxygens (including phenoxy) is 1. The molecular formula is C13H27NO2. The molecule has 1 fully saturated rings. The predicted molar refractivity (Wildman–Crippen MR) is 66.5 cm³/mol. The van der Waals surface area contributed by atoms with E-state index in [4.69, 9.17) is 4.74 Å². The Morgan fingerprint density at radius 1 is 1.38 bits per heavy atom. The largest absolute Gasteiger partial charge is 0.392 e. The Bertz CT molecular complexity index is 169. The minimum absolute atomic E-state index is 0.186. The van der Waals surface area contributed by atoms with Crippen molar-refractivity contribution < 1.29 is 9.84 Å². The lowest BCUT2D eigenvalue weighted by molar-refractivity contribution is 0.120. The number of rotatable bonds is 8. The molecule has 2 N–H and O–H groups in total. The van der Waals surface area contributed by atoms with Crippen molar-refractivity contribution in [1.29, 1.82) is 0 Å². The lowest BCUT2D eigenvalue weighted by atomic mass is 10.00. The van der Waals surface area contributed by atoms with Gasteiger partial charge >= 0.3 is 0 Å². The van der Waals surface area contributed by atoms with Crippen LogP contribution in [0.4, 0.5) is 0 Å². The van der Waals surface area contributed by atoms with E-state index < -0.39 is 0 Å². The van der Waals surface area contributed by atoms with Gasteiger partial charge in [-0.25, -0.2) is 0 Å². The van der Waals surface area contributed by atoms with E-state index in [-0.39, 0.29) is 6.10 Å². The highest BCUT2D eigenvalue weighted by molar-refractivity contribution is 4.74. The SMILES string of the molecule is CCC(COC)NCC(O)CC1CCCC1. The Kier molecular flexibility index (Phi) is 7.01. The molecule has 1 aliphatic carbocycles. The van der Waals surface area contributed by atoms with E-state index >= 15 is 0 Å². The summed E-state index contributed by atoms with van der Waals surface area (Å²) in [7, 11) is 1.72. The van der Waals surface area contributed by atoms with Gasteiger partial charge in [-0.1, -0.05) is 32.6 Å². The van der Waals surface area contributed by atoms with Crippen molar-refractivity contribution in [2.45, 2.75) is 57.6 Å². The molecule has 0 aromatic carbocycles. The van der Waals surface area contributed by atoms with Crippen LogP contribution in [-0.2, 0) is 4.74 Å². The van der Waals surface area contributed by atoms with E-state index in [1.54, 1.807) is 7.11 Å². The minimum Gasteiger partial charge on any atom is -0.392 e. The standard InChI is InChI=1S/C13H27NO2/c1-3-12(10-16-2)14-9-13(15)8-11-6-4-5-7-11/h11-15H,3-10H2,1-2H3.